The molecule has 0 radical (unpaired) electrons. The molecule has 0 aliphatic heterocycles. The van der Waals surface area contributed by atoms with Gasteiger partial charge in [-0.3, -0.25) is 9.97 Å². The van der Waals surface area contributed by atoms with Gasteiger partial charge in [0.2, 0.25) is 0 Å². The van der Waals surface area contributed by atoms with E-state index in [4.69, 9.17) is 9.97 Å². The van der Waals surface area contributed by atoms with E-state index in [1.165, 1.54) is 6.07 Å². The predicted molar refractivity (Wildman–Crippen MR) is 267 cm³/mol. The van der Waals surface area contributed by atoms with E-state index in [1.54, 1.807) is 41.2 Å². The SMILES string of the molecule is N#Cc1cccc(-c2cc(-n3c4c(c5ccccc53)=CC(=c3cccnc3=C3C=CC=CC3)CC=4)c(C(F)(F)F)cc2-n2c3ccccc3c3cc(-c4cccnc4-c4ccccc4)ccc32)c1. The highest BCUT2D eigenvalue weighted by molar-refractivity contribution is 6.11. The zero-order valence-electron chi connectivity index (χ0n) is 36.4. The molecule has 8 heteroatoms. The van der Waals surface area contributed by atoms with Crippen LogP contribution in [-0.4, -0.2) is 19.1 Å². The van der Waals surface area contributed by atoms with E-state index in [-0.39, 0.29) is 5.69 Å². The van der Waals surface area contributed by atoms with E-state index in [0.717, 1.165) is 82.9 Å². The molecule has 0 spiro atoms. The fourth-order valence-electron chi connectivity index (χ4n) is 10.2. The summed E-state index contributed by atoms with van der Waals surface area (Å²) >= 11 is 0. The third-order valence-electron chi connectivity index (χ3n) is 13.2. The van der Waals surface area contributed by atoms with Crippen LogP contribution in [0.1, 0.15) is 24.0 Å². The second kappa shape index (κ2) is 16.3. The molecule has 0 unspecified atom stereocenters. The van der Waals surface area contributed by atoms with Crippen molar-refractivity contribution in [2.24, 2.45) is 0 Å². The summed E-state index contributed by atoms with van der Waals surface area (Å²) in [5, 5.41) is 16.1. The molecule has 10 aromatic rings. The Balaban J connectivity index is 1.14. The fraction of sp³-hybridized carbons (Fsp3) is 0.0500. The molecule has 6 aromatic carbocycles. The number of fused-ring (bicyclic) bond motifs is 6. The fourth-order valence-corrected chi connectivity index (χ4v) is 10.2. The molecule has 0 atom stereocenters. The van der Waals surface area contributed by atoms with Crippen molar-refractivity contribution in [1.82, 2.24) is 19.1 Å². The average molecular weight is 886 g/mol. The quantitative estimate of drug-likeness (QED) is 0.173. The first kappa shape index (κ1) is 40.7. The van der Waals surface area contributed by atoms with Gasteiger partial charge in [0.25, 0.3) is 0 Å². The lowest BCUT2D eigenvalue weighted by Gasteiger charge is -2.22. The maximum absolute atomic E-state index is 16.2. The Morgan fingerprint density at radius 2 is 1.29 bits per heavy atom. The number of alkyl halides is 3. The Labute approximate surface area is 388 Å². The third kappa shape index (κ3) is 6.78. The van der Waals surface area contributed by atoms with Crippen molar-refractivity contribution in [3.63, 3.8) is 0 Å². The van der Waals surface area contributed by atoms with Gasteiger partial charge < -0.3 is 9.13 Å². The Morgan fingerprint density at radius 1 is 0.559 bits per heavy atom. The molecule has 2 aliphatic carbocycles. The van der Waals surface area contributed by atoms with Gasteiger partial charge in [0.15, 0.2) is 0 Å². The second-order valence-electron chi connectivity index (χ2n) is 17.1. The molecule has 4 aromatic heterocycles. The highest BCUT2D eigenvalue weighted by atomic mass is 19.4. The van der Waals surface area contributed by atoms with Crippen molar-refractivity contribution < 1.29 is 13.2 Å². The molecule has 2 aliphatic rings. The Hall–Kier alpha value is -8.80. The number of nitrogens with zero attached hydrogens (tertiary/aromatic N) is 5. The Morgan fingerprint density at radius 3 is 2.10 bits per heavy atom. The lowest BCUT2D eigenvalue weighted by Crippen LogP contribution is -2.36. The summed E-state index contributed by atoms with van der Waals surface area (Å²) in [7, 11) is 0. The molecular formula is C60H38F3N5. The zero-order valence-corrected chi connectivity index (χ0v) is 36.4. The van der Waals surface area contributed by atoms with E-state index < -0.39 is 11.7 Å². The summed E-state index contributed by atoms with van der Waals surface area (Å²) in [5.74, 6) is 0. The van der Waals surface area contributed by atoms with Crippen LogP contribution in [0.15, 0.2) is 194 Å². The minimum atomic E-state index is -4.77. The first-order chi connectivity index (χ1) is 33.3. The number of rotatable bonds is 5. The molecule has 68 heavy (non-hydrogen) atoms. The number of benzene rings is 6. The smallest absolute Gasteiger partial charge is 0.309 e. The highest BCUT2D eigenvalue weighted by Gasteiger charge is 2.37. The maximum Gasteiger partial charge on any atom is 0.418 e. The van der Waals surface area contributed by atoms with Gasteiger partial charge in [-0.25, -0.2) is 0 Å². The van der Waals surface area contributed by atoms with E-state index in [0.29, 0.717) is 39.7 Å². The number of allylic oxidation sites excluding steroid dienone is 4. The van der Waals surface area contributed by atoms with Crippen LogP contribution in [0, 0.1) is 11.3 Å². The minimum absolute atomic E-state index is 0.00557. The number of halogens is 3. The monoisotopic (exact) mass is 885 g/mol. The van der Waals surface area contributed by atoms with Crippen LogP contribution in [0.25, 0.3) is 101 Å². The van der Waals surface area contributed by atoms with Crippen molar-refractivity contribution in [2.45, 2.75) is 19.0 Å². The van der Waals surface area contributed by atoms with Gasteiger partial charge in [-0.15, -0.1) is 0 Å². The molecule has 0 saturated heterocycles. The van der Waals surface area contributed by atoms with Crippen molar-refractivity contribution in [1.29, 1.82) is 5.26 Å². The summed E-state index contributed by atoms with van der Waals surface area (Å²) in [5.41, 5.74) is 9.06. The average Bonchev–Trinajstić information content (AvgIpc) is 3.90. The van der Waals surface area contributed by atoms with Gasteiger partial charge in [0.1, 0.15) is 0 Å². The topological polar surface area (TPSA) is 59.4 Å². The molecule has 5 nitrogen and oxygen atoms in total. The number of hydrogen-bond acceptors (Lipinski definition) is 3. The first-order valence-corrected chi connectivity index (χ1v) is 22.5. The summed E-state index contributed by atoms with van der Waals surface area (Å²) in [6.07, 6.45) is 12.5. The van der Waals surface area contributed by atoms with Crippen LogP contribution in [0.3, 0.4) is 0 Å². The van der Waals surface area contributed by atoms with Crippen LogP contribution in [0.2, 0.25) is 0 Å². The van der Waals surface area contributed by atoms with Gasteiger partial charge in [0.05, 0.1) is 61.5 Å². The van der Waals surface area contributed by atoms with Gasteiger partial charge in [0, 0.05) is 55.7 Å². The number of para-hydroxylation sites is 2. The van der Waals surface area contributed by atoms with E-state index in [1.807, 2.05) is 138 Å². The largest absolute Gasteiger partial charge is 0.418 e. The van der Waals surface area contributed by atoms with Crippen molar-refractivity contribution in [3.05, 3.63) is 227 Å². The summed E-state index contributed by atoms with van der Waals surface area (Å²) in [4.78, 5) is 9.58. The van der Waals surface area contributed by atoms with Crippen molar-refractivity contribution in [2.75, 3.05) is 0 Å². The number of pyridine rings is 2. The lowest BCUT2D eigenvalue weighted by atomic mass is 9.97. The van der Waals surface area contributed by atoms with Gasteiger partial charge in [-0.05, 0) is 102 Å². The third-order valence-corrected chi connectivity index (χ3v) is 13.2. The molecule has 0 amide bonds. The molecule has 0 bridgehead atoms. The molecule has 12 rings (SSSR count). The molecule has 0 N–H and O–H groups in total. The lowest BCUT2D eigenvalue weighted by molar-refractivity contribution is -0.137. The first-order valence-electron chi connectivity index (χ1n) is 22.5. The Kier molecular flexibility index (Phi) is 9.73. The summed E-state index contributed by atoms with van der Waals surface area (Å²) in [6.45, 7) is 0. The van der Waals surface area contributed by atoms with Crippen molar-refractivity contribution in [3.8, 4) is 51.0 Å². The van der Waals surface area contributed by atoms with Gasteiger partial charge in [-0.1, -0.05) is 127 Å². The van der Waals surface area contributed by atoms with Crippen LogP contribution in [0.5, 0.6) is 0 Å². The minimum Gasteiger partial charge on any atom is -0.309 e. The molecule has 324 valence electrons. The second-order valence-corrected chi connectivity index (χ2v) is 17.1. The van der Waals surface area contributed by atoms with E-state index in [9.17, 15) is 5.26 Å². The highest BCUT2D eigenvalue weighted by Crippen LogP contribution is 2.44. The van der Waals surface area contributed by atoms with Gasteiger partial charge in [-0.2, -0.15) is 18.4 Å². The van der Waals surface area contributed by atoms with Crippen LogP contribution < -0.4 is 21.1 Å². The van der Waals surface area contributed by atoms with E-state index >= 15 is 13.2 Å². The molecular weight excluding hydrogens is 848 g/mol. The zero-order chi connectivity index (χ0) is 45.9. The van der Waals surface area contributed by atoms with Crippen molar-refractivity contribution >= 4 is 56.0 Å². The number of hydrogen-bond donors (Lipinski definition) is 0. The molecule has 0 fully saturated rings. The summed E-state index contributed by atoms with van der Waals surface area (Å²) < 4.78 is 52.3. The standard InChI is InChI=1S/C60H38F3N5/c61-60(62,63)51-36-56(67-52-24-9-7-20-46(52)49-33-42(26-28-54(49)67)44-22-12-30-65-58(44)39-15-3-1-4-16-39)48(41-19-11-14-38(32-41)37-64)35-57(51)68-53-25-10-8-21-47(53)50-34-43(27-29-55(50)68)45-23-13-31-66-59(45)40-17-5-2-6-18-40/h1-17,19-26,28-36H,18,27H2. The normalized spacial score (nSPS) is 15.0. The Bertz CT molecular complexity index is 4090. The van der Waals surface area contributed by atoms with Gasteiger partial charge >= 0.3 is 6.18 Å². The number of aromatic nitrogens is 4. The van der Waals surface area contributed by atoms with Crippen LogP contribution in [-0.2, 0) is 6.18 Å². The van der Waals surface area contributed by atoms with Crippen LogP contribution >= 0.6 is 0 Å². The molecule has 4 heterocycles. The predicted octanol–water partition coefficient (Wildman–Crippen LogP) is 11.9. The van der Waals surface area contributed by atoms with Crippen LogP contribution in [0.4, 0.5) is 13.2 Å². The molecule has 0 saturated carbocycles. The number of nitriles is 1. The van der Waals surface area contributed by atoms with E-state index in [2.05, 4.69) is 36.4 Å². The summed E-state index contributed by atoms with van der Waals surface area (Å²) in [6, 6.07) is 51.9. The maximum atomic E-state index is 16.2.